The van der Waals surface area contributed by atoms with Gasteiger partial charge in [-0.05, 0) is 17.4 Å². The fourth-order valence-corrected chi connectivity index (χ4v) is 2.65. The summed E-state index contributed by atoms with van der Waals surface area (Å²) >= 11 is 0. The van der Waals surface area contributed by atoms with Crippen molar-refractivity contribution in [1.29, 1.82) is 0 Å². The van der Waals surface area contributed by atoms with Crippen molar-refractivity contribution in [2.75, 3.05) is 13.7 Å². The van der Waals surface area contributed by atoms with Gasteiger partial charge in [-0.3, -0.25) is 14.4 Å². The molecule has 1 rings (SSSR count). The molecule has 1 aliphatic carbocycles. The minimum absolute atomic E-state index is 0. The standard InChI is InChI=1S/C17H23NO5.Na/c1-6-8-23-18-10-11(7-2)13-12(19)9-17(3,4)14(15(13)20)16(21)22-5;/h6,10,14H,1,7-9H2,2-5H3;. The third kappa shape index (κ3) is 5.13. The van der Waals surface area contributed by atoms with E-state index in [4.69, 9.17) is 9.57 Å². The van der Waals surface area contributed by atoms with E-state index in [2.05, 4.69) is 11.7 Å². The number of rotatable bonds is 6. The van der Waals surface area contributed by atoms with Gasteiger partial charge >= 0.3 is 5.97 Å². The number of Topliss-reactive ketones (excluding diaryl/α,β-unsaturated/α-hetero) is 2. The van der Waals surface area contributed by atoms with E-state index in [9.17, 15) is 14.4 Å². The average molecular weight is 344 g/mol. The van der Waals surface area contributed by atoms with Crippen LogP contribution in [0, 0.1) is 11.3 Å². The van der Waals surface area contributed by atoms with Crippen molar-refractivity contribution in [2.45, 2.75) is 33.6 Å². The SMILES string of the molecule is C=CCON=CC(CC)=C1C(=O)CC(C)(C)C(C(=O)OC)C1=O.[Na]. The van der Waals surface area contributed by atoms with E-state index in [1.807, 2.05) is 0 Å². The maximum absolute atomic E-state index is 12.7. The Morgan fingerprint density at radius 1 is 1.42 bits per heavy atom. The zero-order valence-electron chi connectivity index (χ0n) is 15.0. The first-order valence-corrected chi connectivity index (χ1v) is 7.44. The molecule has 1 atom stereocenters. The predicted octanol–water partition coefficient (Wildman–Crippen LogP) is 1.86. The Kier molecular flexibility index (Phi) is 9.40. The van der Waals surface area contributed by atoms with E-state index in [0.29, 0.717) is 12.0 Å². The number of ether oxygens (including phenoxy) is 1. The van der Waals surface area contributed by atoms with E-state index in [-0.39, 0.29) is 53.9 Å². The molecule has 0 saturated heterocycles. The fourth-order valence-electron chi connectivity index (χ4n) is 2.65. The summed E-state index contributed by atoms with van der Waals surface area (Å²) in [5.74, 6) is -2.41. The van der Waals surface area contributed by atoms with Crippen LogP contribution < -0.4 is 0 Å². The Hall–Kier alpha value is -1.24. The Bertz CT molecular complexity index is 578. The summed E-state index contributed by atoms with van der Waals surface area (Å²) < 4.78 is 4.74. The van der Waals surface area contributed by atoms with Crippen LogP contribution in [0.2, 0.25) is 0 Å². The molecule has 1 aliphatic rings. The molecule has 0 bridgehead atoms. The summed E-state index contributed by atoms with van der Waals surface area (Å²) in [6, 6.07) is 0. The van der Waals surface area contributed by atoms with E-state index in [1.54, 1.807) is 20.8 Å². The van der Waals surface area contributed by atoms with Gasteiger partial charge in [0.2, 0.25) is 0 Å². The van der Waals surface area contributed by atoms with Crippen LogP contribution in [0.4, 0.5) is 0 Å². The number of allylic oxidation sites excluding steroid dienone is 2. The van der Waals surface area contributed by atoms with Crippen molar-refractivity contribution in [3.8, 4) is 0 Å². The van der Waals surface area contributed by atoms with Crippen molar-refractivity contribution in [3.63, 3.8) is 0 Å². The number of hydrogen-bond acceptors (Lipinski definition) is 6. The normalized spacial score (nSPS) is 21.9. The maximum Gasteiger partial charge on any atom is 0.317 e. The first-order valence-electron chi connectivity index (χ1n) is 7.44. The summed E-state index contributed by atoms with van der Waals surface area (Å²) in [4.78, 5) is 42.1. The second-order valence-electron chi connectivity index (χ2n) is 5.98. The average Bonchev–Trinajstić information content (AvgIpc) is 2.47. The molecule has 1 radical (unpaired) electrons. The smallest absolute Gasteiger partial charge is 0.317 e. The minimum atomic E-state index is -0.996. The second-order valence-corrected chi connectivity index (χ2v) is 5.98. The summed E-state index contributed by atoms with van der Waals surface area (Å²) in [7, 11) is 1.23. The van der Waals surface area contributed by atoms with Crippen molar-refractivity contribution in [1.82, 2.24) is 0 Å². The fraction of sp³-hybridized carbons (Fsp3) is 0.529. The van der Waals surface area contributed by atoms with E-state index < -0.39 is 23.1 Å². The molecule has 0 N–H and O–H groups in total. The molecular formula is C17H23NNaO5. The van der Waals surface area contributed by atoms with Gasteiger partial charge in [-0.25, -0.2) is 0 Å². The Balaban J connectivity index is 0.00000529. The van der Waals surface area contributed by atoms with Gasteiger partial charge in [0.15, 0.2) is 11.6 Å². The van der Waals surface area contributed by atoms with Gasteiger partial charge < -0.3 is 9.57 Å². The zero-order valence-corrected chi connectivity index (χ0v) is 17.0. The molecule has 0 aliphatic heterocycles. The van der Waals surface area contributed by atoms with Gasteiger partial charge in [-0.15, -0.1) is 0 Å². The summed E-state index contributed by atoms with van der Waals surface area (Å²) in [6.45, 7) is 8.95. The van der Waals surface area contributed by atoms with Gasteiger partial charge in [0.25, 0.3) is 0 Å². The third-order valence-corrected chi connectivity index (χ3v) is 3.80. The van der Waals surface area contributed by atoms with E-state index in [0.717, 1.165) is 0 Å². The number of carbonyl (C=O) groups excluding carboxylic acids is 3. The number of methoxy groups -OCH3 is 1. The molecule has 6 nitrogen and oxygen atoms in total. The monoisotopic (exact) mass is 344 g/mol. The quantitative estimate of drug-likeness (QED) is 0.0845. The largest absolute Gasteiger partial charge is 0.468 e. The summed E-state index contributed by atoms with van der Waals surface area (Å²) in [6.07, 6.45) is 3.39. The molecule has 0 amide bonds. The van der Waals surface area contributed by atoms with Crippen molar-refractivity contribution in [3.05, 3.63) is 23.8 Å². The van der Waals surface area contributed by atoms with Crippen LogP contribution in [0.15, 0.2) is 29.0 Å². The number of hydrogen-bond donors (Lipinski definition) is 0. The number of ketones is 2. The first kappa shape index (κ1) is 22.8. The molecule has 1 unspecified atom stereocenters. The zero-order chi connectivity index (χ0) is 17.6. The van der Waals surface area contributed by atoms with E-state index in [1.165, 1.54) is 19.4 Å². The Labute approximate surface area is 164 Å². The molecule has 0 aromatic rings. The molecule has 7 heteroatoms. The summed E-state index contributed by atoms with van der Waals surface area (Å²) in [5.41, 5.74) is -0.304. The molecule has 0 aromatic heterocycles. The van der Waals surface area contributed by atoms with Crippen LogP contribution in [-0.2, 0) is 24.0 Å². The topological polar surface area (TPSA) is 82.0 Å². The van der Waals surface area contributed by atoms with Gasteiger partial charge in [-0.2, -0.15) is 0 Å². The van der Waals surface area contributed by atoms with Crippen LogP contribution in [0.25, 0.3) is 0 Å². The van der Waals surface area contributed by atoms with Gasteiger partial charge in [0.1, 0.15) is 12.5 Å². The molecule has 0 heterocycles. The van der Waals surface area contributed by atoms with Crippen molar-refractivity contribution in [2.24, 2.45) is 16.5 Å². The number of esters is 1. The van der Waals surface area contributed by atoms with Crippen LogP contribution in [0.5, 0.6) is 0 Å². The van der Waals surface area contributed by atoms with Crippen molar-refractivity contribution < 1.29 is 24.0 Å². The molecule has 1 saturated carbocycles. The van der Waals surface area contributed by atoms with Gasteiger partial charge in [0.05, 0.1) is 18.9 Å². The van der Waals surface area contributed by atoms with Crippen LogP contribution in [-0.4, -0.2) is 67.0 Å². The van der Waals surface area contributed by atoms with Gasteiger partial charge in [0, 0.05) is 36.0 Å². The minimum Gasteiger partial charge on any atom is -0.468 e. The molecule has 127 valence electrons. The Morgan fingerprint density at radius 3 is 2.54 bits per heavy atom. The third-order valence-electron chi connectivity index (χ3n) is 3.80. The number of oxime groups is 1. The number of carbonyl (C=O) groups is 3. The molecule has 24 heavy (non-hydrogen) atoms. The molecule has 0 spiro atoms. The second kappa shape index (κ2) is 9.91. The van der Waals surface area contributed by atoms with Crippen LogP contribution in [0.1, 0.15) is 33.6 Å². The van der Waals surface area contributed by atoms with Crippen molar-refractivity contribution >= 4 is 53.3 Å². The van der Waals surface area contributed by atoms with Crippen LogP contribution >= 0.6 is 0 Å². The predicted molar refractivity (Wildman–Crippen MR) is 91.6 cm³/mol. The summed E-state index contributed by atoms with van der Waals surface area (Å²) in [5, 5.41) is 3.73. The number of nitrogens with zero attached hydrogens (tertiary/aromatic N) is 1. The first-order chi connectivity index (χ1) is 10.8. The van der Waals surface area contributed by atoms with E-state index >= 15 is 0 Å². The molecule has 0 aromatic carbocycles. The molecule has 1 fully saturated rings. The van der Waals surface area contributed by atoms with Gasteiger partial charge in [-0.1, -0.05) is 38.6 Å². The molecular weight excluding hydrogens is 321 g/mol. The Morgan fingerprint density at radius 2 is 2.04 bits per heavy atom. The maximum atomic E-state index is 12.7. The van der Waals surface area contributed by atoms with Crippen LogP contribution in [0.3, 0.4) is 0 Å².